The lowest BCUT2D eigenvalue weighted by Crippen LogP contribution is -2.39. The number of aromatic nitrogens is 2. The Balaban J connectivity index is 1.69. The summed E-state index contributed by atoms with van der Waals surface area (Å²) in [5, 5.41) is 0.0101. The Kier molecular flexibility index (Phi) is 3.87. The second kappa shape index (κ2) is 5.95. The summed E-state index contributed by atoms with van der Waals surface area (Å²) in [6.07, 6.45) is 1.15. The van der Waals surface area contributed by atoms with Crippen molar-refractivity contribution in [3.63, 3.8) is 0 Å². The molecule has 0 unspecified atom stereocenters. The first-order chi connectivity index (χ1) is 12.0. The van der Waals surface area contributed by atoms with Crippen LogP contribution in [0.2, 0.25) is 5.02 Å². The Hall–Kier alpha value is -2.21. The highest BCUT2D eigenvalue weighted by Gasteiger charge is 2.37. The summed E-state index contributed by atoms with van der Waals surface area (Å²) >= 11 is 5.72. The third-order valence-electron chi connectivity index (χ3n) is 4.90. The molecule has 1 aromatic heterocycles. The van der Waals surface area contributed by atoms with E-state index in [-0.39, 0.29) is 22.5 Å². The molecule has 0 spiro atoms. The lowest BCUT2D eigenvalue weighted by Gasteiger charge is -2.34. The minimum atomic E-state index is -0.589. The fraction of sp³-hybridized carbons (Fsp3) is 0.389. The predicted molar refractivity (Wildman–Crippen MR) is 93.3 cm³/mol. The molecular weight excluding hydrogens is 343 g/mol. The molecule has 1 amide bonds. The van der Waals surface area contributed by atoms with Gasteiger partial charge in [0.2, 0.25) is 0 Å². The van der Waals surface area contributed by atoms with Crippen molar-refractivity contribution in [1.82, 2.24) is 14.9 Å². The van der Waals surface area contributed by atoms with Crippen LogP contribution < -0.4 is 4.90 Å². The zero-order valence-electron chi connectivity index (χ0n) is 14.1. The van der Waals surface area contributed by atoms with Gasteiger partial charge < -0.3 is 9.80 Å². The van der Waals surface area contributed by atoms with Crippen molar-refractivity contribution in [3.05, 3.63) is 51.7 Å². The largest absolute Gasteiger partial charge is 0.356 e. The average Bonchev–Trinajstić information content (AvgIpc) is 2.84. The first-order valence-corrected chi connectivity index (χ1v) is 8.72. The van der Waals surface area contributed by atoms with Crippen molar-refractivity contribution in [2.75, 3.05) is 18.0 Å². The quantitative estimate of drug-likeness (QED) is 0.822. The van der Waals surface area contributed by atoms with Gasteiger partial charge in [-0.25, -0.2) is 14.4 Å². The lowest BCUT2D eigenvalue weighted by atomic mass is 10.1. The van der Waals surface area contributed by atoms with Gasteiger partial charge in [-0.3, -0.25) is 4.79 Å². The molecule has 4 rings (SSSR count). The second-order valence-electron chi connectivity index (χ2n) is 6.53. The number of anilines is 1. The Morgan fingerprint density at radius 1 is 1.32 bits per heavy atom. The Morgan fingerprint density at radius 3 is 2.72 bits per heavy atom. The number of benzene rings is 1. The summed E-state index contributed by atoms with van der Waals surface area (Å²) in [5.74, 6) is 0.820. The van der Waals surface area contributed by atoms with E-state index in [0.29, 0.717) is 12.4 Å². The highest BCUT2D eigenvalue weighted by atomic mass is 35.5. The summed E-state index contributed by atoms with van der Waals surface area (Å²) in [7, 11) is 0. The predicted octanol–water partition coefficient (Wildman–Crippen LogP) is 3.50. The van der Waals surface area contributed by atoms with Gasteiger partial charge in [0, 0.05) is 24.2 Å². The first-order valence-electron chi connectivity index (χ1n) is 8.34. The number of nitrogens with zero attached hydrogens (tertiary/aromatic N) is 4. The normalized spacial score (nSPS) is 19.0. The number of carbonyl (C=O) groups is 1. The summed E-state index contributed by atoms with van der Waals surface area (Å²) in [5.41, 5.74) is 2.18. The van der Waals surface area contributed by atoms with Gasteiger partial charge in [0.1, 0.15) is 17.5 Å². The van der Waals surface area contributed by atoms with E-state index in [9.17, 15) is 9.18 Å². The van der Waals surface area contributed by atoms with Gasteiger partial charge in [-0.2, -0.15) is 0 Å². The summed E-state index contributed by atoms with van der Waals surface area (Å²) in [4.78, 5) is 26.0. The lowest BCUT2D eigenvalue weighted by molar-refractivity contribution is 0.0703. The molecule has 2 aliphatic heterocycles. The minimum absolute atomic E-state index is 0.0101. The van der Waals surface area contributed by atoms with Crippen LogP contribution in [0.1, 0.15) is 46.8 Å². The summed E-state index contributed by atoms with van der Waals surface area (Å²) < 4.78 is 13.7. The van der Waals surface area contributed by atoms with Crippen molar-refractivity contribution < 1.29 is 9.18 Å². The smallest absolute Gasteiger partial charge is 0.254 e. The maximum Gasteiger partial charge on any atom is 0.254 e. The monoisotopic (exact) mass is 360 g/mol. The Morgan fingerprint density at radius 2 is 2.08 bits per heavy atom. The number of halogens is 2. The van der Waals surface area contributed by atoms with Crippen molar-refractivity contribution in [3.8, 4) is 0 Å². The van der Waals surface area contributed by atoms with E-state index < -0.39 is 5.82 Å². The molecule has 2 aromatic rings. The molecule has 0 aliphatic carbocycles. The van der Waals surface area contributed by atoms with E-state index >= 15 is 0 Å². The van der Waals surface area contributed by atoms with E-state index in [1.54, 1.807) is 11.0 Å². The van der Waals surface area contributed by atoms with Crippen LogP contribution in [0.5, 0.6) is 0 Å². The van der Waals surface area contributed by atoms with Crippen LogP contribution in [0.15, 0.2) is 18.2 Å². The van der Waals surface area contributed by atoms with E-state index in [2.05, 4.69) is 14.9 Å². The molecule has 25 heavy (non-hydrogen) atoms. The molecule has 2 aliphatic rings. The van der Waals surface area contributed by atoms with Gasteiger partial charge in [-0.1, -0.05) is 11.6 Å². The molecule has 130 valence electrons. The zero-order chi connectivity index (χ0) is 17.7. The zero-order valence-corrected chi connectivity index (χ0v) is 14.8. The van der Waals surface area contributed by atoms with Crippen LogP contribution in [0, 0.1) is 12.7 Å². The summed E-state index contributed by atoms with van der Waals surface area (Å²) in [6, 6.07) is 4.00. The number of rotatable bonds is 2. The van der Waals surface area contributed by atoms with Gasteiger partial charge in [0.05, 0.1) is 23.3 Å². The number of hydrogen-bond acceptors (Lipinski definition) is 4. The van der Waals surface area contributed by atoms with E-state index in [1.165, 1.54) is 12.1 Å². The standard InChI is InChI=1S/C18H18ClFN4O/c1-10-16-15(21-11(2)22-17(16)23-6-3-7-23)9-24(10)18(25)12-4-5-13(19)14(20)8-12/h4-5,8,10H,3,6-7,9H2,1-2H3/t10-/m1/s1. The molecule has 1 saturated heterocycles. The number of carbonyl (C=O) groups excluding carboxylic acids is 1. The van der Waals surface area contributed by atoms with Gasteiger partial charge in [-0.05, 0) is 38.5 Å². The maximum absolute atomic E-state index is 13.7. The molecule has 1 aromatic carbocycles. The average molecular weight is 361 g/mol. The third kappa shape index (κ3) is 2.65. The molecule has 0 saturated carbocycles. The van der Waals surface area contributed by atoms with E-state index in [0.717, 1.165) is 36.6 Å². The number of hydrogen-bond donors (Lipinski definition) is 0. The fourth-order valence-corrected chi connectivity index (χ4v) is 3.55. The van der Waals surface area contributed by atoms with Crippen molar-refractivity contribution in [1.29, 1.82) is 0 Å². The molecule has 0 N–H and O–H groups in total. The first kappa shape index (κ1) is 16.3. The van der Waals surface area contributed by atoms with Crippen LogP contribution in [0.25, 0.3) is 0 Å². The van der Waals surface area contributed by atoms with Gasteiger partial charge in [0.15, 0.2) is 0 Å². The van der Waals surface area contributed by atoms with Crippen LogP contribution >= 0.6 is 11.6 Å². The highest BCUT2D eigenvalue weighted by molar-refractivity contribution is 6.30. The fourth-order valence-electron chi connectivity index (χ4n) is 3.44. The number of fused-ring (bicyclic) bond motifs is 1. The van der Waals surface area contributed by atoms with Crippen LogP contribution in [0.3, 0.4) is 0 Å². The van der Waals surface area contributed by atoms with Gasteiger partial charge >= 0.3 is 0 Å². The minimum Gasteiger partial charge on any atom is -0.356 e. The Bertz CT molecular complexity index is 868. The topological polar surface area (TPSA) is 49.3 Å². The van der Waals surface area contributed by atoms with Gasteiger partial charge in [0.25, 0.3) is 5.91 Å². The SMILES string of the molecule is Cc1nc2c(c(N3CCC3)n1)[C@@H](C)N(C(=O)c1ccc(Cl)c(F)c1)C2. The van der Waals surface area contributed by atoms with Gasteiger partial charge in [-0.15, -0.1) is 0 Å². The van der Waals surface area contributed by atoms with Crippen molar-refractivity contribution in [2.45, 2.75) is 32.9 Å². The van der Waals surface area contributed by atoms with Crippen LogP contribution in [0.4, 0.5) is 10.2 Å². The van der Waals surface area contributed by atoms with E-state index in [1.807, 2.05) is 13.8 Å². The molecule has 1 fully saturated rings. The maximum atomic E-state index is 13.7. The second-order valence-corrected chi connectivity index (χ2v) is 6.94. The molecule has 5 nitrogen and oxygen atoms in total. The molecule has 3 heterocycles. The molecule has 0 bridgehead atoms. The van der Waals surface area contributed by atoms with Crippen LogP contribution in [-0.2, 0) is 6.54 Å². The molecule has 7 heteroatoms. The van der Waals surface area contributed by atoms with Crippen LogP contribution in [-0.4, -0.2) is 33.9 Å². The molecule has 0 radical (unpaired) electrons. The third-order valence-corrected chi connectivity index (χ3v) is 5.21. The molecular formula is C18H18ClFN4O. The number of aryl methyl sites for hydroxylation is 1. The van der Waals surface area contributed by atoms with Crippen molar-refractivity contribution >= 4 is 23.3 Å². The van der Waals surface area contributed by atoms with Crippen molar-refractivity contribution in [2.24, 2.45) is 0 Å². The molecule has 1 atom stereocenters. The number of amides is 1. The van der Waals surface area contributed by atoms with E-state index in [4.69, 9.17) is 11.6 Å². The highest BCUT2D eigenvalue weighted by Crippen LogP contribution is 2.40. The Labute approximate surface area is 150 Å². The summed E-state index contributed by atoms with van der Waals surface area (Å²) in [6.45, 7) is 6.20.